The van der Waals surface area contributed by atoms with Crippen molar-refractivity contribution >= 4 is 11.9 Å². The Bertz CT molecular complexity index is 1790. The molecule has 6 N–H and O–H groups in total. The summed E-state index contributed by atoms with van der Waals surface area (Å²) in [5.41, 5.74) is 1.47. The number of allylic oxidation sites excluding steroid dienone is 1. The van der Waals surface area contributed by atoms with Gasteiger partial charge in [-0.25, -0.2) is 0 Å². The van der Waals surface area contributed by atoms with E-state index in [4.69, 9.17) is 47.4 Å². The van der Waals surface area contributed by atoms with Crippen molar-refractivity contribution in [3.63, 3.8) is 0 Å². The molecule has 0 unspecified atom stereocenters. The molecule has 66 heavy (non-hydrogen) atoms. The summed E-state index contributed by atoms with van der Waals surface area (Å²) in [7, 11) is 0. The molecule has 0 aromatic carbocycles. The normalized spacial score (nSPS) is 53.3. The van der Waals surface area contributed by atoms with Crippen LogP contribution in [-0.4, -0.2) is 166 Å². The zero-order valence-electron chi connectivity index (χ0n) is 39.3. The molecular weight excluding hydrogens is 865 g/mol. The average molecular weight is 939 g/mol. The molecule has 9 aliphatic rings. The molecule has 5 heterocycles. The largest absolute Gasteiger partial charge is 0.463 e. The second-order valence-electron chi connectivity index (χ2n) is 21.8. The first-order valence-electron chi connectivity index (χ1n) is 24.5. The zero-order chi connectivity index (χ0) is 47.2. The Balaban J connectivity index is 0.914. The van der Waals surface area contributed by atoms with Crippen LogP contribution in [0.25, 0.3) is 0 Å². The Labute approximate surface area is 386 Å². The summed E-state index contributed by atoms with van der Waals surface area (Å²) >= 11 is 0. The molecule has 0 bridgehead atoms. The van der Waals surface area contributed by atoms with Gasteiger partial charge in [0, 0.05) is 26.2 Å². The maximum absolute atomic E-state index is 12.2. The van der Waals surface area contributed by atoms with Crippen molar-refractivity contribution in [2.45, 2.75) is 210 Å². The number of aliphatic hydroxyl groups is 6. The van der Waals surface area contributed by atoms with Gasteiger partial charge in [-0.2, -0.15) is 0 Å². The van der Waals surface area contributed by atoms with Crippen molar-refractivity contribution in [1.82, 2.24) is 0 Å². The van der Waals surface area contributed by atoms with Crippen LogP contribution in [0.2, 0.25) is 0 Å². The Hall–Kier alpha value is -1.88. The van der Waals surface area contributed by atoms with Gasteiger partial charge in [0.1, 0.15) is 61.5 Å². The van der Waals surface area contributed by atoms with Crippen LogP contribution < -0.4 is 0 Å². The molecule has 374 valence electrons. The lowest BCUT2D eigenvalue weighted by Gasteiger charge is -2.58. The fourth-order valence-corrected chi connectivity index (χ4v) is 14.3. The van der Waals surface area contributed by atoms with E-state index in [9.17, 15) is 40.2 Å². The third-order valence-electron chi connectivity index (χ3n) is 17.9. The highest BCUT2D eigenvalue weighted by Crippen LogP contribution is 2.70. The molecule has 18 heteroatoms. The van der Waals surface area contributed by atoms with E-state index in [2.05, 4.69) is 33.8 Å². The van der Waals surface area contributed by atoms with Gasteiger partial charge in [0.15, 0.2) is 30.8 Å². The maximum Gasteiger partial charge on any atom is 0.303 e. The third kappa shape index (κ3) is 8.51. The van der Waals surface area contributed by atoms with Crippen molar-refractivity contribution in [3.05, 3.63) is 11.6 Å². The number of rotatable bonds is 10. The van der Waals surface area contributed by atoms with E-state index < -0.39 is 110 Å². The summed E-state index contributed by atoms with van der Waals surface area (Å²) in [6.45, 7) is 13.1. The smallest absolute Gasteiger partial charge is 0.303 e. The van der Waals surface area contributed by atoms with Gasteiger partial charge >= 0.3 is 11.9 Å². The van der Waals surface area contributed by atoms with E-state index in [1.165, 1.54) is 19.4 Å². The zero-order valence-corrected chi connectivity index (χ0v) is 39.3. The van der Waals surface area contributed by atoms with Gasteiger partial charge in [0.25, 0.3) is 0 Å². The number of esters is 2. The lowest BCUT2D eigenvalue weighted by molar-refractivity contribution is -0.380. The lowest BCUT2D eigenvalue weighted by atomic mass is 9.47. The minimum Gasteiger partial charge on any atom is -0.463 e. The molecule has 5 aliphatic heterocycles. The number of aliphatic hydroxyl groups excluding tert-OH is 6. The number of ether oxygens (including phenoxy) is 10. The van der Waals surface area contributed by atoms with Gasteiger partial charge in [-0.05, 0) is 98.7 Å². The van der Waals surface area contributed by atoms with Crippen LogP contribution in [0.15, 0.2) is 11.6 Å². The number of fused-ring (bicyclic) bond motifs is 7. The minimum atomic E-state index is -1.74. The van der Waals surface area contributed by atoms with Crippen LogP contribution >= 0.6 is 0 Å². The fourth-order valence-electron chi connectivity index (χ4n) is 14.3. The third-order valence-corrected chi connectivity index (χ3v) is 17.9. The van der Waals surface area contributed by atoms with E-state index in [0.29, 0.717) is 48.3 Å². The van der Waals surface area contributed by atoms with Gasteiger partial charge in [0.05, 0.1) is 31.5 Å². The van der Waals surface area contributed by atoms with Gasteiger partial charge in [-0.15, -0.1) is 0 Å². The van der Waals surface area contributed by atoms with Gasteiger partial charge < -0.3 is 78.0 Å². The van der Waals surface area contributed by atoms with Crippen LogP contribution in [0, 0.1) is 46.3 Å². The highest BCUT2D eigenvalue weighted by Gasteiger charge is 2.69. The summed E-state index contributed by atoms with van der Waals surface area (Å²) in [6, 6.07) is 0. The molecule has 3 saturated carbocycles. The quantitative estimate of drug-likeness (QED) is 0.135. The second-order valence-corrected chi connectivity index (χ2v) is 21.8. The Morgan fingerprint density at radius 1 is 0.758 bits per heavy atom. The number of hydrogen-bond donors (Lipinski definition) is 6. The van der Waals surface area contributed by atoms with Crippen molar-refractivity contribution in [2.24, 2.45) is 46.3 Å². The molecule has 9 rings (SSSR count). The van der Waals surface area contributed by atoms with Gasteiger partial charge in [0.2, 0.25) is 0 Å². The summed E-state index contributed by atoms with van der Waals surface area (Å²) in [4.78, 5) is 23.6. The summed E-state index contributed by atoms with van der Waals surface area (Å²) in [5, 5.41) is 66.2. The summed E-state index contributed by atoms with van der Waals surface area (Å²) in [5.74, 6) is 1.16. The first-order valence-corrected chi connectivity index (χ1v) is 24.5. The van der Waals surface area contributed by atoms with Crippen molar-refractivity contribution in [2.75, 3.05) is 19.8 Å². The molecule has 0 aromatic rings. The predicted octanol–water partition coefficient (Wildman–Crippen LogP) is 1.99. The second kappa shape index (κ2) is 18.7. The molecular formula is C48H74O18. The molecule has 0 aromatic heterocycles. The van der Waals surface area contributed by atoms with Crippen LogP contribution in [-0.2, 0) is 57.0 Å². The molecule has 1 spiro atoms. The molecule has 0 amide bonds. The van der Waals surface area contributed by atoms with E-state index in [1.807, 2.05) is 0 Å². The van der Waals surface area contributed by atoms with Crippen LogP contribution in [0.4, 0.5) is 0 Å². The predicted molar refractivity (Wildman–Crippen MR) is 227 cm³/mol. The Kier molecular flexibility index (Phi) is 13.9. The van der Waals surface area contributed by atoms with Crippen LogP contribution in [0.3, 0.4) is 0 Å². The van der Waals surface area contributed by atoms with Crippen molar-refractivity contribution in [1.29, 1.82) is 0 Å². The van der Waals surface area contributed by atoms with Crippen molar-refractivity contribution < 1.29 is 87.6 Å². The van der Waals surface area contributed by atoms with E-state index in [0.717, 1.165) is 58.5 Å². The molecule has 5 saturated heterocycles. The molecule has 8 fully saturated rings. The molecule has 18 nitrogen and oxygen atoms in total. The Morgan fingerprint density at radius 2 is 1.48 bits per heavy atom. The van der Waals surface area contributed by atoms with Crippen LogP contribution in [0.5, 0.6) is 0 Å². The number of carbonyl (C=O) groups excluding carboxylic acids is 2. The number of carbonyl (C=O) groups is 2. The van der Waals surface area contributed by atoms with Crippen molar-refractivity contribution in [3.8, 4) is 0 Å². The number of hydrogen-bond acceptors (Lipinski definition) is 18. The van der Waals surface area contributed by atoms with Gasteiger partial charge in [-0.1, -0.05) is 39.3 Å². The standard InChI is InChI=1S/C48H74O18/c1-21-10-15-48(58-19-21)22(2)34-31(66-48)17-30-28-9-8-26-16-27(11-13-46(26,6)29(28)12-14-47(30,34)7)61-45-42(65-43-37(54)36(53)35(52)23(3)59-43)38(55)40(32(18-49)62-45)64-44-39(56)41(60-25(5)51)33(63-44)20-57-24(4)50/h8,21-23,27-45,49,52-56H,9-20H2,1-7H3/t21-,22+,23+,27+,28-,29+,30+,31+,32-,33+,34+,35+,36-,37-,38+,39-,40-,41+,42-,43+,44+,45-,46+,47+,48-/m1/s1. The first-order chi connectivity index (χ1) is 31.3. The Morgan fingerprint density at radius 3 is 2.18 bits per heavy atom. The topological polar surface area (TPSA) is 248 Å². The lowest BCUT2D eigenvalue weighted by Crippen LogP contribution is -2.65. The SMILES string of the molecule is CC(=O)OC[C@@H]1O[C@@H](O[C@H]2[C@H](O)[C@@H](O[C@@H]3O[C@@H](C)[C@H](O)[C@@H](O)[C@H]3O)[C@H](O[C@H]3CC[C@@]4(C)C(=CC[C@H]5[C@@H]6C[C@@H]7O[C@]8(CC[C@@H](C)CO8)[C@@H](C)[C@@H]7[C@@]6(C)CC[C@@H]54)C3)O[C@@H]2CO)[C@H](O)[C@H]1OC(C)=O. The van der Waals surface area contributed by atoms with Gasteiger partial charge in [-0.3, -0.25) is 9.59 Å². The molecule has 4 aliphatic carbocycles. The summed E-state index contributed by atoms with van der Waals surface area (Å²) in [6.07, 6.45) is -9.42. The maximum atomic E-state index is 12.2. The molecule has 0 radical (unpaired) electrons. The highest BCUT2D eigenvalue weighted by atomic mass is 16.8. The van der Waals surface area contributed by atoms with E-state index in [-0.39, 0.29) is 29.6 Å². The average Bonchev–Trinajstić information content (AvgIpc) is 3.84. The first kappa shape index (κ1) is 49.1. The highest BCUT2D eigenvalue weighted by molar-refractivity contribution is 5.66. The summed E-state index contributed by atoms with van der Waals surface area (Å²) < 4.78 is 61.0. The minimum absolute atomic E-state index is 0.0416. The van der Waals surface area contributed by atoms with E-state index in [1.54, 1.807) is 0 Å². The fraction of sp³-hybridized carbons (Fsp3) is 0.917. The van der Waals surface area contributed by atoms with Crippen LogP contribution in [0.1, 0.15) is 106 Å². The van der Waals surface area contributed by atoms with E-state index >= 15 is 0 Å². The monoisotopic (exact) mass is 938 g/mol. The molecule has 25 atom stereocenters.